The number of aliphatic hydroxyl groups excluding tert-OH is 1. The van der Waals surface area contributed by atoms with E-state index in [-0.39, 0.29) is 17.6 Å². The lowest BCUT2D eigenvalue weighted by atomic mass is 9.69. The molecule has 3 heterocycles. The second-order valence-corrected chi connectivity index (χ2v) is 6.41. The number of fused-ring (bicyclic) bond motifs is 2. The van der Waals surface area contributed by atoms with Crippen LogP contribution in [0.15, 0.2) is 11.4 Å². The summed E-state index contributed by atoms with van der Waals surface area (Å²) in [7, 11) is 0. The van der Waals surface area contributed by atoms with Crippen LogP contribution in [0.2, 0.25) is 5.02 Å². The third-order valence-corrected chi connectivity index (χ3v) is 5.47. The summed E-state index contributed by atoms with van der Waals surface area (Å²) in [6.45, 7) is 0.463. The zero-order valence-corrected chi connectivity index (χ0v) is 11.0. The Kier molecular flexibility index (Phi) is 2.96. The molecule has 3 rings (SSSR count). The number of ether oxygens (including phenoxy) is 1. The summed E-state index contributed by atoms with van der Waals surface area (Å²) in [5, 5.41) is 13.1. The van der Waals surface area contributed by atoms with Crippen molar-refractivity contribution >= 4 is 22.9 Å². The van der Waals surface area contributed by atoms with Gasteiger partial charge in [0.15, 0.2) is 0 Å². The third kappa shape index (κ3) is 1.74. The predicted molar refractivity (Wildman–Crippen MR) is 68.3 cm³/mol. The highest BCUT2D eigenvalue weighted by molar-refractivity contribution is 7.10. The van der Waals surface area contributed by atoms with Crippen molar-refractivity contribution in [1.82, 2.24) is 0 Å². The molecular weight excluding hydrogens is 258 g/mol. The van der Waals surface area contributed by atoms with Gasteiger partial charge in [0.1, 0.15) is 0 Å². The first-order valence-electron chi connectivity index (χ1n) is 5.93. The smallest absolute Gasteiger partial charge is 0.0976 e. The fourth-order valence-corrected chi connectivity index (χ4v) is 4.39. The Labute approximate surface area is 110 Å². The highest BCUT2D eigenvalue weighted by Crippen LogP contribution is 2.54. The maximum Gasteiger partial charge on any atom is 0.0976 e. The van der Waals surface area contributed by atoms with Crippen molar-refractivity contribution in [3.8, 4) is 0 Å². The van der Waals surface area contributed by atoms with E-state index in [9.17, 15) is 5.11 Å². The summed E-state index contributed by atoms with van der Waals surface area (Å²) in [5.74, 6) is 0. The number of thiophene rings is 1. The van der Waals surface area contributed by atoms with Gasteiger partial charge in [0, 0.05) is 22.2 Å². The van der Waals surface area contributed by atoms with E-state index in [1.165, 1.54) is 11.3 Å². The number of aliphatic hydroxyl groups is 1. The second kappa shape index (κ2) is 4.21. The largest absolute Gasteiger partial charge is 0.387 e. The molecule has 3 N–H and O–H groups in total. The third-order valence-electron chi connectivity index (χ3n) is 4.14. The zero-order chi connectivity index (χ0) is 12.0. The molecule has 1 aromatic rings. The van der Waals surface area contributed by atoms with Gasteiger partial charge in [0.2, 0.25) is 0 Å². The van der Waals surface area contributed by atoms with Crippen LogP contribution in [-0.4, -0.2) is 23.9 Å². The van der Waals surface area contributed by atoms with E-state index in [2.05, 4.69) is 0 Å². The molecule has 2 bridgehead atoms. The molecule has 4 atom stereocenters. The van der Waals surface area contributed by atoms with Crippen molar-refractivity contribution in [2.24, 2.45) is 11.1 Å². The van der Waals surface area contributed by atoms with Crippen molar-refractivity contribution < 1.29 is 9.84 Å². The molecule has 0 amide bonds. The van der Waals surface area contributed by atoms with Crippen LogP contribution in [0.1, 0.15) is 30.2 Å². The van der Waals surface area contributed by atoms with E-state index in [1.54, 1.807) is 0 Å². The summed E-state index contributed by atoms with van der Waals surface area (Å²) >= 11 is 7.41. The Morgan fingerprint density at radius 3 is 2.94 bits per heavy atom. The zero-order valence-electron chi connectivity index (χ0n) is 9.43. The van der Waals surface area contributed by atoms with E-state index < -0.39 is 6.10 Å². The Morgan fingerprint density at radius 2 is 2.47 bits per heavy atom. The van der Waals surface area contributed by atoms with Gasteiger partial charge in [-0.2, -0.15) is 0 Å². The maximum atomic E-state index is 10.6. The number of nitrogens with two attached hydrogens (primary N) is 1. The lowest BCUT2D eigenvalue weighted by Gasteiger charge is -2.38. The van der Waals surface area contributed by atoms with Gasteiger partial charge >= 0.3 is 0 Å². The van der Waals surface area contributed by atoms with Gasteiger partial charge in [-0.25, -0.2) is 0 Å². The molecule has 0 radical (unpaired) electrons. The minimum atomic E-state index is -0.555. The Hall–Kier alpha value is -0.130. The topological polar surface area (TPSA) is 55.5 Å². The van der Waals surface area contributed by atoms with Gasteiger partial charge in [0.05, 0.1) is 23.3 Å². The second-order valence-electron chi connectivity index (χ2n) is 5.04. The molecule has 0 spiro atoms. The van der Waals surface area contributed by atoms with E-state index in [4.69, 9.17) is 22.1 Å². The van der Waals surface area contributed by atoms with E-state index in [0.717, 1.165) is 24.1 Å². The molecule has 2 saturated heterocycles. The molecule has 17 heavy (non-hydrogen) atoms. The highest BCUT2D eigenvalue weighted by atomic mass is 35.5. The predicted octanol–water partition coefficient (Wildman–Crippen LogP) is 2.33. The summed E-state index contributed by atoms with van der Waals surface area (Å²) in [6.07, 6.45) is 2.81. The lowest BCUT2D eigenvalue weighted by molar-refractivity contribution is -0.0245. The van der Waals surface area contributed by atoms with Gasteiger partial charge in [-0.15, -0.1) is 11.3 Å². The minimum Gasteiger partial charge on any atom is -0.387 e. The van der Waals surface area contributed by atoms with Crippen LogP contribution < -0.4 is 5.73 Å². The first-order valence-corrected chi connectivity index (χ1v) is 7.19. The SMILES string of the molecule is NCC1(C(O)c2cc(Cl)cs2)CC2CCC1O2. The molecule has 2 aliphatic heterocycles. The average molecular weight is 274 g/mol. The van der Waals surface area contributed by atoms with Gasteiger partial charge in [-0.3, -0.25) is 0 Å². The van der Waals surface area contributed by atoms with Gasteiger partial charge in [-0.05, 0) is 25.3 Å². The summed E-state index contributed by atoms with van der Waals surface area (Å²) < 4.78 is 5.86. The van der Waals surface area contributed by atoms with Crippen LogP contribution in [0.4, 0.5) is 0 Å². The molecule has 0 saturated carbocycles. The molecule has 0 aromatic carbocycles. The van der Waals surface area contributed by atoms with Crippen LogP contribution in [0.5, 0.6) is 0 Å². The maximum absolute atomic E-state index is 10.6. The Morgan fingerprint density at radius 1 is 1.65 bits per heavy atom. The standard InChI is InChI=1S/C12H16ClNO2S/c13-7-3-9(17-5-7)11(15)12(6-14)4-8-1-2-10(12)16-8/h3,5,8,10-11,15H,1-2,4,6,14H2. The molecule has 4 unspecified atom stereocenters. The van der Waals surface area contributed by atoms with Gasteiger partial charge < -0.3 is 15.6 Å². The number of rotatable bonds is 3. The molecule has 5 heteroatoms. The monoisotopic (exact) mass is 273 g/mol. The fourth-order valence-electron chi connectivity index (χ4n) is 3.20. The van der Waals surface area contributed by atoms with Crippen molar-refractivity contribution in [1.29, 1.82) is 0 Å². The van der Waals surface area contributed by atoms with Crippen LogP contribution in [0.3, 0.4) is 0 Å². The summed E-state index contributed by atoms with van der Waals surface area (Å²) in [6, 6.07) is 1.83. The normalized spacial score (nSPS) is 37.6. The van der Waals surface area contributed by atoms with E-state index in [1.807, 2.05) is 11.4 Å². The van der Waals surface area contributed by atoms with Crippen LogP contribution >= 0.6 is 22.9 Å². The van der Waals surface area contributed by atoms with Crippen molar-refractivity contribution in [2.45, 2.75) is 37.6 Å². The molecular formula is C12H16ClNO2S. The summed E-state index contributed by atoms with van der Waals surface area (Å²) in [5.41, 5.74) is 5.62. The molecule has 2 fully saturated rings. The van der Waals surface area contributed by atoms with E-state index >= 15 is 0 Å². The van der Waals surface area contributed by atoms with Gasteiger partial charge in [-0.1, -0.05) is 11.6 Å². The number of halogens is 1. The first-order chi connectivity index (χ1) is 8.15. The fraction of sp³-hybridized carbons (Fsp3) is 0.667. The van der Waals surface area contributed by atoms with Crippen molar-refractivity contribution in [3.63, 3.8) is 0 Å². The Bertz CT molecular complexity index is 424. The van der Waals surface area contributed by atoms with Crippen LogP contribution in [0.25, 0.3) is 0 Å². The Balaban J connectivity index is 1.91. The van der Waals surface area contributed by atoms with Crippen molar-refractivity contribution in [2.75, 3.05) is 6.54 Å². The summed E-state index contributed by atoms with van der Waals surface area (Å²) in [4.78, 5) is 0.900. The molecule has 94 valence electrons. The van der Waals surface area contributed by atoms with E-state index in [0.29, 0.717) is 11.6 Å². The average Bonchev–Trinajstić information content (AvgIpc) is 3.02. The van der Waals surface area contributed by atoms with Crippen LogP contribution in [0, 0.1) is 5.41 Å². The molecule has 1 aromatic heterocycles. The lowest BCUT2D eigenvalue weighted by Crippen LogP contribution is -2.44. The molecule has 3 nitrogen and oxygen atoms in total. The van der Waals surface area contributed by atoms with Crippen LogP contribution in [-0.2, 0) is 4.74 Å². The highest BCUT2D eigenvalue weighted by Gasteiger charge is 2.56. The minimum absolute atomic E-state index is 0.105. The van der Waals surface area contributed by atoms with Gasteiger partial charge in [0.25, 0.3) is 0 Å². The molecule has 0 aliphatic carbocycles. The van der Waals surface area contributed by atoms with Crippen molar-refractivity contribution in [3.05, 3.63) is 21.3 Å². The number of hydrogen-bond donors (Lipinski definition) is 2. The first kappa shape index (κ1) is 11.9. The number of hydrogen-bond acceptors (Lipinski definition) is 4. The molecule has 2 aliphatic rings. The quantitative estimate of drug-likeness (QED) is 0.889.